The molecule has 0 heterocycles. The Morgan fingerprint density at radius 2 is 2.00 bits per heavy atom. The summed E-state index contributed by atoms with van der Waals surface area (Å²) in [7, 11) is 0. The van der Waals surface area contributed by atoms with Gasteiger partial charge in [0.15, 0.2) is 0 Å². The molecule has 0 unspecified atom stereocenters. The van der Waals surface area contributed by atoms with Crippen LogP contribution in [0.3, 0.4) is 0 Å². The Labute approximate surface area is 134 Å². The molecule has 22 heavy (non-hydrogen) atoms. The maximum atomic E-state index is 12.0. The van der Waals surface area contributed by atoms with Crippen molar-refractivity contribution in [3.05, 3.63) is 52.5 Å². The molecule has 0 spiro atoms. The van der Waals surface area contributed by atoms with Crippen LogP contribution in [0.5, 0.6) is 0 Å². The van der Waals surface area contributed by atoms with Crippen molar-refractivity contribution >= 4 is 34.6 Å². The largest absolute Gasteiger partial charge is 0.397 e. The van der Waals surface area contributed by atoms with Crippen LogP contribution < -0.4 is 16.4 Å². The van der Waals surface area contributed by atoms with E-state index in [1.807, 2.05) is 31.2 Å². The molecular formula is C17H18ClN3O. The summed E-state index contributed by atoms with van der Waals surface area (Å²) in [5, 5.41) is 6.86. The number of carbonyl (C=O) groups excluding carboxylic acids is 1. The van der Waals surface area contributed by atoms with Crippen LogP contribution in [0.2, 0.25) is 5.02 Å². The SMILES string of the molecule is Cc1ccc(Nc2ccc(C(=O)NC3CC3)cc2N)cc1Cl. The van der Waals surface area contributed by atoms with Crippen molar-refractivity contribution in [2.45, 2.75) is 25.8 Å². The highest BCUT2D eigenvalue weighted by molar-refractivity contribution is 6.31. The fourth-order valence-electron chi connectivity index (χ4n) is 2.14. The highest BCUT2D eigenvalue weighted by Gasteiger charge is 2.23. The maximum absolute atomic E-state index is 12.0. The van der Waals surface area contributed by atoms with E-state index in [0.717, 1.165) is 29.8 Å². The van der Waals surface area contributed by atoms with E-state index in [-0.39, 0.29) is 5.91 Å². The minimum Gasteiger partial charge on any atom is -0.397 e. The van der Waals surface area contributed by atoms with Gasteiger partial charge in [-0.3, -0.25) is 4.79 Å². The van der Waals surface area contributed by atoms with Gasteiger partial charge in [0.25, 0.3) is 5.91 Å². The number of amides is 1. The standard InChI is InChI=1S/C17H18ClN3O/c1-10-2-4-13(9-14(10)18)20-16-7-3-11(8-15(16)19)17(22)21-12-5-6-12/h2-4,7-9,12,20H,5-6,19H2,1H3,(H,21,22). The highest BCUT2D eigenvalue weighted by atomic mass is 35.5. The number of nitrogens with two attached hydrogens (primary N) is 1. The number of nitrogens with one attached hydrogen (secondary N) is 2. The van der Waals surface area contributed by atoms with Gasteiger partial charge in [0.1, 0.15) is 0 Å². The lowest BCUT2D eigenvalue weighted by atomic mass is 10.1. The van der Waals surface area contributed by atoms with E-state index < -0.39 is 0 Å². The summed E-state index contributed by atoms with van der Waals surface area (Å²) in [6, 6.07) is 11.3. The summed E-state index contributed by atoms with van der Waals surface area (Å²) in [5.74, 6) is -0.0702. The number of benzene rings is 2. The van der Waals surface area contributed by atoms with Crippen molar-refractivity contribution in [2.24, 2.45) is 0 Å². The zero-order valence-corrected chi connectivity index (χ0v) is 13.1. The molecule has 1 aliphatic carbocycles. The number of hydrogen-bond donors (Lipinski definition) is 3. The van der Waals surface area contributed by atoms with E-state index in [1.165, 1.54) is 0 Å². The lowest BCUT2D eigenvalue weighted by Crippen LogP contribution is -2.25. The van der Waals surface area contributed by atoms with Crippen molar-refractivity contribution in [3.63, 3.8) is 0 Å². The Morgan fingerprint density at radius 3 is 2.64 bits per heavy atom. The number of carbonyl (C=O) groups is 1. The molecule has 114 valence electrons. The van der Waals surface area contributed by atoms with E-state index in [4.69, 9.17) is 17.3 Å². The number of anilines is 3. The quantitative estimate of drug-likeness (QED) is 0.750. The Morgan fingerprint density at radius 1 is 1.23 bits per heavy atom. The summed E-state index contributed by atoms with van der Waals surface area (Å²) < 4.78 is 0. The number of hydrogen-bond acceptors (Lipinski definition) is 3. The second-order valence-electron chi connectivity index (χ2n) is 5.64. The minimum atomic E-state index is -0.0702. The van der Waals surface area contributed by atoms with Crippen molar-refractivity contribution in [1.82, 2.24) is 5.32 Å². The summed E-state index contributed by atoms with van der Waals surface area (Å²) in [5.41, 5.74) is 9.79. The molecule has 0 bridgehead atoms. The Kier molecular flexibility index (Phi) is 3.94. The van der Waals surface area contributed by atoms with Gasteiger partial charge in [0, 0.05) is 22.3 Å². The Balaban J connectivity index is 1.76. The van der Waals surface area contributed by atoms with E-state index >= 15 is 0 Å². The van der Waals surface area contributed by atoms with Gasteiger partial charge in [0.2, 0.25) is 0 Å². The molecule has 1 saturated carbocycles. The van der Waals surface area contributed by atoms with E-state index in [0.29, 0.717) is 22.3 Å². The number of nitrogen functional groups attached to an aromatic ring is 1. The molecule has 0 atom stereocenters. The molecule has 1 aliphatic rings. The molecule has 2 aromatic carbocycles. The predicted molar refractivity (Wildman–Crippen MR) is 90.8 cm³/mol. The van der Waals surface area contributed by atoms with Crippen LogP contribution in [-0.2, 0) is 0 Å². The van der Waals surface area contributed by atoms with Gasteiger partial charge in [-0.15, -0.1) is 0 Å². The van der Waals surface area contributed by atoms with Crippen molar-refractivity contribution < 1.29 is 4.79 Å². The highest BCUT2D eigenvalue weighted by Crippen LogP contribution is 2.27. The third-order valence-electron chi connectivity index (χ3n) is 3.68. The minimum absolute atomic E-state index is 0.0702. The summed E-state index contributed by atoms with van der Waals surface area (Å²) in [6.07, 6.45) is 2.13. The normalized spacial score (nSPS) is 13.7. The van der Waals surface area contributed by atoms with Gasteiger partial charge in [-0.2, -0.15) is 0 Å². The second-order valence-corrected chi connectivity index (χ2v) is 6.05. The van der Waals surface area contributed by atoms with Crippen LogP contribution in [0, 0.1) is 6.92 Å². The molecule has 0 aromatic heterocycles. The van der Waals surface area contributed by atoms with Gasteiger partial charge >= 0.3 is 0 Å². The van der Waals surface area contributed by atoms with Gasteiger partial charge in [-0.1, -0.05) is 17.7 Å². The van der Waals surface area contributed by atoms with Crippen LogP contribution in [0.1, 0.15) is 28.8 Å². The molecule has 3 rings (SSSR count). The summed E-state index contributed by atoms with van der Waals surface area (Å²) in [4.78, 5) is 12.0. The molecule has 1 amide bonds. The van der Waals surface area contributed by atoms with Gasteiger partial charge in [-0.05, 0) is 55.7 Å². The Bertz CT molecular complexity index is 726. The zero-order valence-electron chi connectivity index (χ0n) is 12.3. The molecule has 5 heteroatoms. The summed E-state index contributed by atoms with van der Waals surface area (Å²) in [6.45, 7) is 1.95. The van der Waals surface area contributed by atoms with Crippen LogP contribution in [-0.4, -0.2) is 11.9 Å². The van der Waals surface area contributed by atoms with Crippen LogP contribution in [0.25, 0.3) is 0 Å². The molecule has 4 N–H and O–H groups in total. The van der Waals surface area contributed by atoms with E-state index in [9.17, 15) is 4.79 Å². The van der Waals surface area contributed by atoms with Crippen molar-refractivity contribution in [1.29, 1.82) is 0 Å². The topological polar surface area (TPSA) is 67.2 Å². The third-order valence-corrected chi connectivity index (χ3v) is 4.08. The summed E-state index contributed by atoms with van der Waals surface area (Å²) >= 11 is 6.12. The number of rotatable bonds is 4. The number of halogens is 1. The molecule has 1 fully saturated rings. The first-order valence-corrected chi connectivity index (χ1v) is 7.64. The predicted octanol–water partition coefficient (Wildman–Crippen LogP) is 3.87. The van der Waals surface area contributed by atoms with Crippen LogP contribution in [0.15, 0.2) is 36.4 Å². The van der Waals surface area contributed by atoms with Crippen LogP contribution >= 0.6 is 11.6 Å². The Hall–Kier alpha value is -2.20. The van der Waals surface area contributed by atoms with Gasteiger partial charge in [-0.25, -0.2) is 0 Å². The molecule has 0 aliphatic heterocycles. The van der Waals surface area contributed by atoms with Crippen molar-refractivity contribution in [2.75, 3.05) is 11.1 Å². The second kappa shape index (κ2) is 5.89. The first kappa shape index (κ1) is 14.7. The average molecular weight is 316 g/mol. The monoisotopic (exact) mass is 315 g/mol. The lowest BCUT2D eigenvalue weighted by Gasteiger charge is -2.12. The van der Waals surface area contributed by atoms with Crippen LogP contribution in [0.4, 0.5) is 17.1 Å². The smallest absolute Gasteiger partial charge is 0.251 e. The van der Waals surface area contributed by atoms with E-state index in [2.05, 4.69) is 10.6 Å². The lowest BCUT2D eigenvalue weighted by molar-refractivity contribution is 0.0951. The molecule has 2 aromatic rings. The molecule has 0 radical (unpaired) electrons. The maximum Gasteiger partial charge on any atom is 0.251 e. The first-order valence-electron chi connectivity index (χ1n) is 7.26. The zero-order chi connectivity index (χ0) is 15.7. The number of aryl methyl sites for hydroxylation is 1. The fraction of sp³-hybridized carbons (Fsp3) is 0.235. The first-order chi connectivity index (χ1) is 10.5. The van der Waals surface area contributed by atoms with Gasteiger partial charge in [0.05, 0.1) is 11.4 Å². The average Bonchev–Trinajstić information content (AvgIpc) is 3.29. The fourth-order valence-corrected chi connectivity index (χ4v) is 2.32. The van der Waals surface area contributed by atoms with E-state index in [1.54, 1.807) is 12.1 Å². The van der Waals surface area contributed by atoms with Gasteiger partial charge < -0.3 is 16.4 Å². The molecular weight excluding hydrogens is 298 g/mol. The van der Waals surface area contributed by atoms with Crippen molar-refractivity contribution in [3.8, 4) is 0 Å². The third kappa shape index (κ3) is 3.34. The molecule has 4 nitrogen and oxygen atoms in total. The molecule has 0 saturated heterocycles.